The molecule has 1 nitrogen and oxygen atoms in total. The summed E-state index contributed by atoms with van der Waals surface area (Å²) in [6, 6.07) is 0. The van der Waals surface area contributed by atoms with Crippen LogP contribution in [0.4, 0.5) is 0 Å². The average Bonchev–Trinajstić information content (AvgIpc) is 1.99. The van der Waals surface area contributed by atoms with Crippen LogP contribution in [0.15, 0.2) is 27.9 Å². The number of allylic oxidation sites excluding steroid dienone is 4. The van der Waals surface area contributed by atoms with Gasteiger partial charge in [-0.25, -0.2) is 0 Å². The third-order valence-corrected chi connectivity index (χ3v) is 1.81. The summed E-state index contributed by atoms with van der Waals surface area (Å²) >= 11 is 0. The van der Waals surface area contributed by atoms with Crippen molar-refractivity contribution in [3.05, 3.63) is 22.9 Å². The topological polar surface area (TPSA) is 12.4 Å². The molecular weight excluding hydrogens is 134 g/mol. The monoisotopic (exact) mass is 151 g/mol. The molecule has 0 rings (SSSR count). The van der Waals surface area contributed by atoms with E-state index in [4.69, 9.17) is 0 Å². The van der Waals surface area contributed by atoms with Crippen molar-refractivity contribution in [2.75, 3.05) is 0 Å². The molecule has 0 spiro atoms. The maximum Gasteiger partial charge on any atom is 0.0328 e. The first-order chi connectivity index (χ1) is 5.07. The molecule has 0 aromatic rings. The van der Waals surface area contributed by atoms with Crippen molar-refractivity contribution in [3.8, 4) is 0 Å². The number of nitrogens with zero attached hydrogens (tertiary/aromatic N) is 1. The Morgan fingerprint density at radius 1 is 1.27 bits per heavy atom. The molecule has 0 aliphatic heterocycles. The van der Waals surface area contributed by atoms with Crippen molar-refractivity contribution < 1.29 is 0 Å². The summed E-state index contributed by atoms with van der Waals surface area (Å²) in [7, 11) is 0. The quantitative estimate of drug-likeness (QED) is 0.433. The van der Waals surface area contributed by atoms with Crippen molar-refractivity contribution in [2.45, 2.75) is 34.1 Å². The van der Waals surface area contributed by atoms with E-state index < -0.39 is 0 Å². The van der Waals surface area contributed by atoms with E-state index in [1.807, 2.05) is 6.92 Å². The minimum absolute atomic E-state index is 0.993. The first-order valence-electron chi connectivity index (χ1n) is 3.84. The average molecular weight is 151 g/mol. The molecule has 0 aromatic heterocycles. The Morgan fingerprint density at radius 2 is 1.82 bits per heavy atom. The summed E-state index contributed by atoms with van der Waals surface area (Å²) in [5.41, 5.74) is 3.80. The fourth-order valence-electron chi connectivity index (χ4n) is 0.569. The van der Waals surface area contributed by atoms with Crippen LogP contribution in [0.2, 0.25) is 0 Å². The molecule has 0 amide bonds. The Hall–Kier alpha value is -0.850. The SMILES string of the molecule is C=NC(C)=CCC(C)=C(C)C. The summed E-state index contributed by atoms with van der Waals surface area (Å²) in [5.74, 6) is 0. The number of rotatable bonds is 3. The molecule has 0 fully saturated rings. The zero-order chi connectivity index (χ0) is 8.85. The lowest BCUT2D eigenvalue weighted by Crippen LogP contribution is -1.78. The van der Waals surface area contributed by atoms with Crippen molar-refractivity contribution in [3.63, 3.8) is 0 Å². The van der Waals surface area contributed by atoms with Gasteiger partial charge in [-0.3, -0.25) is 4.99 Å². The van der Waals surface area contributed by atoms with E-state index in [-0.39, 0.29) is 0 Å². The van der Waals surface area contributed by atoms with Gasteiger partial charge in [-0.2, -0.15) is 0 Å². The van der Waals surface area contributed by atoms with Gasteiger partial charge in [0.15, 0.2) is 0 Å². The second kappa shape index (κ2) is 4.89. The van der Waals surface area contributed by atoms with Gasteiger partial charge in [-0.1, -0.05) is 17.2 Å². The van der Waals surface area contributed by atoms with Crippen molar-refractivity contribution >= 4 is 6.72 Å². The molecule has 0 bridgehead atoms. The summed E-state index contributed by atoms with van der Waals surface area (Å²) in [6.45, 7) is 11.8. The normalized spacial score (nSPS) is 11.1. The van der Waals surface area contributed by atoms with Crippen molar-refractivity contribution in [2.24, 2.45) is 4.99 Å². The van der Waals surface area contributed by atoms with E-state index in [9.17, 15) is 0 Å². The lowest BCUT2D eigenvalue weighted by molar-refractivity contribution is 1.11. The van der Waals surface area contributed by atoms with Gasteiger partial charge in [-0.15, -0.1) is 0 Å². The summed E-state index contributed by atoms with van der Waals surface area (Å²) in [4.78, 5) is 3.81. The third-order valence-electron chi connectivity index (χ3n) is 1.81. The van der Waals surface area contributed by atoms with Gasteiger partial charge >= 0.3 is 0 Å². The highest BCUT2D eigenvalue weighted by Gasteiger charge is 1.89. The highest BCUT2D eigenvalue weighted by Crippen LogP contribution is 2.09. The van der Waals surface area contributed by atoms with E-state index in [1.54, 1.807) is 0 Å². The van der Waals surface area contributed by atoms with Crippen LogP contribution < -0.4 is 0 Å². The highest BCUT2D eigenvalue weighted by atomic mass is 14.7. The standard InChI is InChI=1S/C10H17N/c1-8(2)9(3)6-7-10(4)11-5/h7H,5-6H2,1-4H3. The molecule has 0 atom stereocenters. The molecule has 62 valence electrons. The number of aliphatic imine (C=N–C) groups is 1. The maximum atomic E-state index is 3.81. The molecule has 1 heteroatoms. The Morgan fingerprint density at radius 3 is 2.18 bits per heavy atom. The number of hydrogen-bond donors (Lipinski definition) is 0. The molecule has 11 heavy (non-hydrogen) atoms. The lowest BCUT2D eigenvalue weighted by atomic mass is 10.1. The van der Waals surface area contributed by atoms with Gasteiger partial charge in [-0.05, 0) is 40.8 Å². The van der Waals surface area contributed by atoms with Crippen LogP contribution in [0.1, 0.15) is 34.1 Å². The minimum atomic E-state index is 0.993. The predicted octanol–water partition coefficient (Wildman–Crippen LogP) is 3.34. The Bertz CT molecular complexity index is 193. The molecule has 0 radical (unpaired) electrons. The summed E-state index contributed by atoms with van der Waals surface area (Å²) in [6.07, 6.45) is 3.09. The molecule has 0 unspecified atom stereocenters. The highest BCUT2D eigenvalue weighted by molar-refractivity contribution is 5.28. The number of hydrogen-bond acceptors (Lipinski definition) is 1. The summed E-state index contributed by atoms with van der Waals surface area (Å²) in [5, 5.41) is 0. The van der Waals surface area contributed by atoms with E-state index >= 15 is 0 Å². The Kier molecular flexibility index (Phi) is 4.51. The van der Waals surface area contributed by atoms with Gasteiger partial charge in [0.05, 0.1) is 0 Å². The molecule has 0 heterocycles. The predicted molar refractivity (Wildman–Crippen MR) is 52.0 cm³/mol. The van der Waals surface area contributed by atoms with Crippen LogP contribution in [0.5, 0.6) is 0 Å². The molecule has 0 N–H and O–H groups in total. The van der Waals surface area contributed by atoms with Crippen LogP contribution in [0.25, 0.3) is 0 Å². The second-order valence-corrected chi connectivity index (χ2v) is 2.99. The van der Waals surface area contributed by atoms with Crippen LogP contribution in [0, 0.1) is 0 Å². The molecule has 0 aromatic carbocycles. The van der Waals surface area contributed by atoms with Gasteiger partial charge in [0.2, 0.25) is 0 Å². The first kappa shape index (κ1) is 10.2. The smallest absolute Gasteiger partial charge is 0.0328 e. The van der Waals surface area contributed by atoms with E-state index in [2.05, 4.69) is 38.6 Å². The molecule has 0 saturated heterocycles. The van der Waals surface area contributed by atoms with E-state index in [0.29, 0.717) is 0 Å². The second-order valence-electron chi connectivity index (χ2n) is 2.99. The lowest BCUT2D eigenvalue weighted by Gasteiger charge is -1.98. The van der Waals surface area contributed by atoms with E-state index in [1.165, 1.54) is 11.1 Å². The van der Waals surface area contributed by atoms with Gasteiger partial charge in [0, 0.05) is 5.70 Å². The van der Waals surface area contributed by atoms with Gasteiger partial charge in [0.25, 0.3) is 0 Å². The zero-order valence-electron chi connectivity index (χ0n) is 7.94. The minimum Gasteiger partial charge on any atom is -0.270 e. The molecule has 0 saturated carbocycles. The van der Waals surface area contributed by atoms with Crippen LogP contribution in [0.3, 0.4) is 0 Å². The Labute approximate surface area is 69.5 Å². The van der Waals surface area contributed by atoms with Gasteiger partial charge in [0.1, 0.15) is 0 Å². The Balaban J connectivity index is 4.09. The van der Waals surface area contributed by atoms with E-state index in [0.717, 1.165) is 12.1 Å². The fraction of sp³-hybridized carbons (Fsp3) is 0.500. The van der Waals surface area contributed by atoms with Crippen molar-refractivity contribution in [1.82, 2.24) is 0 Å². The summed E-state index contributed by atoms with van der Waals surface area (Å²) < 4.78 is 0. The largest absolute Gasteiger partial charge is 0.270 e. The van der Waals surface area contributed by atoms with Crippen LogP contribution in [-0.2, 0) is 0 Å². The maximum absolute atomic E-state index is 3.81. The molecule has 0 aliphatic carbocycles. The first-order valence-corrected chi connectivity index (χ1v) is 3.84. The molecular formula is C10H17N. The van der Waals surface area contributed by atoms with Crippen molar-refractivity contribution in [1.29, 1.82) is 0 Å². The zero-order valence-corrected chi connectivity index (χ0v) is 7.94. The van der Waals surface area contributed by atoms with Crippen LogP contribution in [-0.4, -0.2) is 6.72 Å². The third kappa shape index (κ3) is 4.54. The van der Waals surface area contributed by atoms with Crippen LogP contribution >= 0.6 is 0 Å². The fourth-order valence-corrected chi connectivity index (χ4v) is 0.569. The van der Waals surface area contributed by atoms with Gasteiger partial charge < -0.3 is 0 Å². The molecule has 0 aliphatic rings.